The predicted octanol–water partition coefficient (Wildman–Crippen LogP) is 3.99. The molecular formula is C31H33FN4O2. The smallest absolute Gasteiger partial charge is 0.254 e. The van der Waals surface area contributed by atoms with Crippen molar-refractivity contribution in [2.24, 2.45) is 0 Å². The molecule has 3 aromatic rings. The number of halogens is 1. The molecule has 2 amide bonds. The van der Waals surface area contributed by atoms with Crippen molar-refractivity contribution in [3.05, 3.63) is 101 Å². The van der Waals surface area contributed by atoms with E-state index in [1.54, 1.807) is 6.07 Å². The number of piperazine rings is 1. The highest BCUT2D eigenvalue weighted by Crippen LogP contribution is 2.45. The predicted molar refractivity (Wildman–Crippen MR) is 146 cm³/mol. The van der Waals surface area contributed by atoms with Crippen LogP contribution in [0.5, 0.6) is 0 Å². The normalized spacial score (nSPS) is 20.9. The number of hydrogen-bond acceptors (Lipinski definition) is 4. The molecule has 0 aliphatic carbocycles. The van der Waals surface area contributed by atoms with E-state index in [0.717, 1.165) is 56.7 Å². The van der Waals surface area contributed by atoms with E-state index in [1.807, 2.05) is 53.4 Å². The minimum absolute atomic E-state index is 0.0127. The summed E-state index contributed by atoms with van der Waals surface area (Å²) in [6.45, 7) is 5.39. The highest BCUT2D eigenvalue weighted by Gasteiger charge is 2.46. The van der Waals surface area contributed by atoms with Crippen LogP contribution in [0.4, 0.5) is 10.1 Å². The van der Waals surface area contributed by atoms with E-state index in [4.69, 9.17) is 0 Å². The van der Waals surface area contributed by atoms with Gasteiger partial charge in [-0.2, -0.15) is 0 Å². The summed E-state index contributed by atoms with van der Waals surface area (Å²) >= 11 is 0. The van der Waals surface area contributed by atoms with Crippen LogP contribution in [0.25, 0.3) is 0 Å². The molecule has 0 bridgehead atoms. The minimum atomic E-state index is -0.435. The third-order valence-corrected chi connectivity index (χ3v) is 8.23. The fourth-order valence-electron chi connectivity index (χ4n) is 6.30. The van der Waals surface area contributed by atoms with E-state index < -0.39 is 5.92 Å². The van der Waals surface area contributed by atoms with Gasteiger partial charge in [0.2, 0.25) is 5.91 Å². The van der Waals surface area contributed by atoms with Gasteiger partial charge in [-0.3, -0.25) is 14.5 Å². The van der Waals surface area contributed by atoms with Crippen LogP contribution in [0.15, 0.2) is 72.8 Å². The lowest BCUT2D eigenvalue weighted by molar-refractivity contribution is -0.124. The molecular weight excluding hydrogens is 479 g/mol. The number of amides is 2. The number of nitrogens with zero attached hydrogens (tertiary/aromatic N) is 3. The molecule has 0 radical (unpaired) electrons. The van der Waals surface area contributed by atoms with Gasteiger partial charge in [0.25, 0.3) is 5.91 Å². The lowest BCUT2D eigenvalue weighted by Gasteiger charge is -2.45. The van der Waals surface area contributed by atoms with Crippen LogP contribution >= 0.6 is 0 Å². The number of nitrogens with one attached hydrogen (secondary N) is 1. The SMILES string of the molecule is O=C(NCCCN1CCN(c2ccccc2F)CC1)[C@@H]1c2ccccc2C(=O)N2CCc3ccccc3[C@@H]12. The molecule has 0 aromatic heterocycles. The number of hydrogen-bond donors (Lipinski definition) is 1. The van der Waals surface area contributed by atoms with Gasteiger partial charge in [-0.15, -0.1) is 0 Å². The lowest BCUT2D eigenvalue weighted by Crippen LogP contribution is -2.50. The van der Waals surface area contributed by atoms with Gasteiger partial charge in [0.15, 0.2) is 0 Å². The summed E-state index contributed by atoms with van der Waals surface area (Å²) in [5.41, 5.74) is 4.42. The Hall–Kier alpha value is -3.71. The maximum absolute atomic E-state index is 14.1. The Morgan fingerprint density at radius 1 is 0.868 bits per heavy atom. The summed E-state index contributed by atoms with van der Waals surface area (Å²) in [5, 5.41) is 3.19. The topological polar surface area (TPSA) is 55.9 Å². The van der Waals surface area contributed by atoms with Crippen molar-refractivity contribution in [3.63, 3.8) is 0 Å². The number of carbonyl (C=O) groups is 2. The second-order valence-electron chi connectivity index (χ2n) is 10.4. The van der Waals surface area contributed by atoms with Gasteiger partial charge >= 0.3 is 0 Å². The molecule has 6 nitrogen and oxygen atoms in total. The largest absolute Gasteiger partial charge is 0.367 e. The molecule has 3 aromatic carbocycles. The van der Waals surface area contributed by atoms with E-state index in [9.17, 15) is 14.0 Å². The molecule has 1 saturated heterocycles. The first-order valence-corrected chi connectivity index (χ1v) is 13.6. The molecule has 196 valence electrons. The zero-order valence-corrected chi connectivity index (χ0v) is 21.5. The fraction of sp³-hybridized carbons (Fsp3) is 0.355. The lowest BCUT2D eigenvalue weighted by atomic mass is 9.76. The van der Waals surface area contributed by atoms with Crippen molar-refractivity contribution in [1.82, 2.24) is 15.1 Å². The average molecular weight is 513 g/mol. The Kier molecular flexibility index (Phi) is 6.85. The standard InChI is InChI=1S/C31H33FN4O2/c32-26-12-5-6-13-27(26)35-20-18-34(19-21-35)16-7-15-33-30(37)28-24-10-3-4-11-25(24)31(38)36-17-14-22-8-1-2-9-23(22)29(28)36/h1-6,8-13,28-29H,7,14-21H2,(H,33,37)/t28-,29+/m1/s1. The number of anilines is 1. The highest BCUT2D eigenvalue weighted by atomic mass is 19.1. The third kappa shape index (κ3) is 4.56. The van der Waals surface area contributed by atoms with Gasteiger partial charge in [-0.1, -0.05) is 54.6 Å². The average Bonchev–Trinajstić information content (AvgIpc) is 2.96. The molecule has 3 heterocycles. The zero-order valence-electron chi connectivity index (χ0n) is 21.5. The van der Waals surface area contributed by atoms with Gasteiger partial charge < -0.3 is 15.1 Å². The van der Waals surface area contributed by atoms with Crippen LogP contribution in [-0.4, -0.2) is 67.4 Å². The molecule has 0 unspecified atom stereocenters. The number of para-hydroxylation sites is 1. The van der Waals surface area contributed by atoms with Gasteiger partial charge in [-0.05, 0) is 54.3 Å². The summed E-state index contributed by atoms with van der Waals surface area (Å²) in [5.74, 6) is -0.622. The zero-order chi connectivity index (χ0) is 26.1. The molecule has 3 aliphatic heterocycles. The van der Waals surface area contributed by atoms with E-state index in [2.05, 4.69) is 27.2 Å². The van der Waals surface area contributed by atoms with Crippen molar-refractivity contribution >= 4 is 17.5 Å². The molecule has 2 atom stereocenters. The molecule has 7 heteroatoms. The van der Waals surface area contributed by atoms with Crippen LogP contribution in [0.2, 0.25) is 0 Å². The fourth-order valence-corrected chi connectivity index (χ4v) is 6.30. The number of carbonyl (C=O) groups excluding carboxylic acids is 2. The first-order valence-electron chi connectivity index (χ1n) is 13.6. The van der Waals surface area contributed by atoms with Crippen molar-refractivity contribution in [2.45, 2.75) is 24.8 Å². The monoisotopic (exact) mass is 512 g/mol. The number of rotatable bonds is 6. The summed E-state index contributed by atoms with van der Waals surface area (Å²) in [6, 6.07) is 22.4. The first kappa shape index (κ1) is 24.6. The van der Waals surface area contributed by atoms with E-state index in [-0.39, 0.29) is 23.7 Å². The Morgan fingerprint density at radius 2 is 1.58 bits per heavy atom. The van der Waals surface area contributed by atoms with Crippen molar-refractivity contribution in [1.29, 1.82) is 0 Å². The second-order valence-corrected chi connectivity index (χ2v) is 10.4. The van der Waals surface area contributed by atoms with Crippen molar-refractivity contribution in [2.75, 3.05) is 50.7 Å². The summed E-state index contributed by atoms with van der Waals surface area (Å²) < 4.78 is 14.1. The van der Waals surface area contributed by atoms with Crippen LogP contribution in [0, 0.1) is 5.82 Å². The highest BCUT2D eigenvalue weighted by molar-refractivity contribution is 6.01. The van der Waals surface area contributed by atoms with Gasteiger partial charge in [0.05, 0.1) is 17.6 Å². The van der Waals surface area contributed by atoms with Gasteiger partial charge in [0.1, 0.15) is 5.82 Å². The van der Waals surface area contributed by atoms with Gasteiger partial charge in [-0.25, -0.2) is 4.39 Å². The molecule has 0 saturated carbocycles. The number of benzene rings is 3. The minimum Gasteiger partial charge on any atom is -0.367 e. The Morgan fingerprint density at radius 3 is 2.39 bits per heavy atom. The van der Waals surface area contributed by atoms with E-state index >= 15 is 0 Å². The first-order chi connectivity index (χ1) is 18.6. The number of fused-ring (bicyclic) bond motifs is 4. The molecule has 1 N–H and O–H groups in total. The molecule has 1 fully saturated rings. The van der Waals surface area contributed by atoms with Crippen molar-refractivity contribution in [3.8, 4) is 0 Å². The third-order valence-electron chi connectivity index (χ3n) is 8.23. The maximum Gasteiger partial charge on any atom is 0.254 e. The summed E-state index contributed by atoms with van der Waals surface area (Å²) in [6.07, 6.45) is 1.64. The molecule has 38 heavy (non-hydrogen) atoms. The van der Waals surface area contributed by atoms with Crippen LogP contribution in [0.3, 0.4) is 0 Å². The van der Waals surface area contributed by atoms with Crippen molar-refractivity contribution < 1.29 is 14.0 Å². The molecule has 3 aliphatic rings. The maximum atomic E-state index is 14.1. The van der Waals surface area contributed by atoms with Crippen LogP contribution in [-0.2, 0) is 11.2 Å². The summed E-state index contributed by atoms with van der Waals surface area (Å²) in [7, 11) is 0. The van der Waals surface area contributed by atoms with Gasteiger partial charge in [0, 0.05) is 44.8 Å². The Balaban J connectivity index is 1.09. The molecule has 0 spiro atoms. The van der Waals surface area contributed by atoms with E-state index in [1.165, 1.54) is 11.6 Å². The van der Waals surface area contributed by atoms with Crippen LogP contribution < -0.4 is 10.2 Å². The van der Waals surface area contributed by atoms with Crippen LogP contribution in [0.1, 0.15) is 45.4 Å². The second kappa shape index (κ2) is 10.6. The summed E-state index contributed by atoms with van der Waals surface area (Å²) in [4.78, 5) is 33.4. The Bertz CT molecular complexity index is 1340. The molecule has 6 rings (SSSR count). The van der Waals surface area contributed by atoms with E-state index in [0.29, 0.717) is 24.3 Å². The Labute approximate surface area is 223 Å². The quantitative estimate of drug-likeness (QED) is 0.508.